The van der Waals surface area contributed by atoms with E-state index in [2.05, 4.69) is 20.8 Å². The molecular weight excluding hydrogens is 196 g/mol. The van der Waals surface area contributed by atoms with E-state index in [1.807, 2.05) is 0 Å². The van der Waals surface area contributed by atoms with Gasteiger partial charge in [0.15, 0.2) is 0 Å². The maximum Gasteiger partial charge on any atom is 0.0561 e. The van der Waals surface area contributed by atoms with Gasteiger partial charge in [0, 0.05) is 0 Å². The van der Waals surface area contributed by atoms with Crippen LogP contribution in [0.5, 0.6) is 0 Å². The van der Waals surface area contributed by atoms with E-state index in [0.717, 1.165) is 5.54 Å². The molecule has 0 radical (unpaired) electrons. The normalized spacial score (nSPS) is 27.8. The smallest absolute Gasteiger partial charge is 0.0561 e. The van der Waals surface area contributed by atoms with Crippen molar-refractivity contribution < 1.29 is 0 Å². The lowest BCUT2D eigenvalue weighted by molar-refractivity contribution is 0.591. The fourth-order valence-corrected chi connectivity index (χ4v) is 9.13. The Morgan fingerprint density at radius 2 is 1.47 bits per heavy atom. The van der Waals surface area contributed by atoms with Gasteiger partial charge in [0.1, 0.15) is 0 Å². The summed E-state index contributed by atoms with van der Waals surface area (Å²) in [5.74, 6) is 0. The van der Waals surface area contributed by atoms with Gasteiger partial charge >= 0.3 is 0 Å². The predicted molar refractivity (Wildman–Crippen MR) is 73.3 cm³/mol. The summed E-state index contributed by atoms with van der Waals surface area (Å²) < 4.78 is 0. The lowest BCUT2D eigenvalue weighted by atomic mass is 10.1. The molecule has 1 unspecified atom stereocenters. The molecule has 1 fully saturated rings. The van der Waals surface area contributed by atoms with Crippen LogP contribution in [0.15, 0.2) is 0 Å². The summed E-state index contributed by atoms with van der Waals surface area (Å²) in [4.78, 5) is 0. The van der Waals surface area contributed by atoms with Crippen molar-refractivity contribution in [2.24, 2.45) is 0 Å². The second kappa shape index (κ2) is 6.73. The van der Waals surface area contributed by atoms with E-state index < -0.39 is 8.07 Å². The van der Waals surface area contributed by atoms with Gasteiger partial charge in [-0.25, -0.2) is 0 Å². The molecule has 0 aliphatic carbocycles. The standard InChI is InChI=1S/C14H30Si/c1-4-14-12-10-8-7-9-11-13-15(14,5-2)6-3/h14H,4-13H2,1-3H3. The minimum atomic E-state index is -0.875. The minimum Gasteiger partial charge on any atom is -0.0678 e. The molecule has 0 nitrogen and oxygen atoms in total. The molecule has 0 saturated carbocycles. The average molecular weight is 226 g/mol. The first-order valence-electron chi connectivity index (χ1n) is 7.29. The van der Waals surface area contributed by atoms with Crippen molar-refractivity contribution in [3.63, 3.8) is 0 Å². The van der Waals surface area contributed by atoms with Crippen molar-refractivity contribution in [1.82, 2.24) is 0 Å². The van der Waals surface area contributed by atoms with E-state index in [4.69, 9.17) is 0 Å². The first-order chi connectivity index (χ1) is 7.29. The third kappa shape index (κ3) is 3.34. The van der Waals surface area contributed by atoms with Crippen LogP contribution in [0, 0.1) is 0 Å². The zero-order valence-electron chi connectivity index (χ0n) is 11.1. The molecule has 15 heavy (non-hydrogen) atoms. The summed E-state index contributed by atoms with van der Waals surface area (Å²) in [6.45, 7) is 7.40. The summed E-state index contributed by atoms with van der Waals surface area (Å²) >= 11 is 0. The molecule has 1 heteroatoms. The van der Waals surface area contributed by atoms with Gasteiger partial charge in [0.25, 0.3) is 0 Å². The molecule has 0 aromatic heterocycles. The quantitative estimate of drug-likeness (QED) is 0.549. The van der Waals surface area contributed by atoms with Crippen molar-refractivity contribution in [1.29, 1.82) is 0 Å². The van der Waals surface area contributed by atoms with Crippen LogP contribution in [0.4, 0.5) is 0 Å². The Kier molecular flexibility index (Phi) is 5.96. The Morgan fingerprint density at radius 3 is 2.07 bits per heavy atom. The van der Waals surface area contributed by atoms with E-state index in [1.54, 1.807) is 31.0 Å². The van der Waals surface area contributed by atoms with E-state index in [-0.39, 0.29) is 0 Å². The molecule has 0 bridgehead atoms. The van der Waals surface area contributed by atoms with E-state index in [1.165, 1.54) is 32.1 Å². The third-order valence-electron chi connectivity index (χ3n) is 4.99. The van der Waals surface area contributed by atoms with Gasteiger partial charge in [-0.1, -0.05) is 83.8 Å². The molecule has 1 aliphatic rings. The maximum absolute atomic E-state index is 2.48. The Labute approximate surface area is 97.9 Å². The molecule has 1 atom stereocenters. The van der Waals surface area contributed by atoms with Crippen molar-refractivity contribution >= 4 is 8.07 Å². The SMILES string of the molecule is CCC1CCCCCCC[Si]1(CC)CC. The van der Waals surface area contributed by atoms with Gasteiger partial charge in [-0.05, 0) is 5.54 Å². The molecule has 0 amide bonds. The summed E-state index contributed by atoms with van der Waals surface area (Å²) in [6.07, 6.45) is 10.6. The molecule has 1 rings (SSSR count). The zero-order chi connectivity index (χ0) is 11.1. The largest absolute Gasteiger partial charge is 0.0678 e. The summed E-state index contributed by atoms with van der Waals surface area (Å²) in [5.41, 5.74) is 1.14. The van der Waals surface area contributed by atoms with Crippen LogP contribution in [-0.4, -0.2) is 8.07 Å². The molecule has 1 aliphatic heterocycles. The fraction of sp³-hybridized carbons (Fsp3) is 1.00. The molecule has 0 N–H and O–H groups in total. The van der Waals surface area contributed by atoms with Crippen LogP contribution in [0.3, 0.4) is 0 Å². The van der Waals surface area contributed by atoms with E-state index >= 15 is 0 Å². The Balaban J connectivity index is 2.72. The summed E-state index contributed by atoms with van der Waals surface area (Å²) in [6, 6.07) is 4.72. The van der Waals surface area contributed by atoms with Crippen LogP contribution in [-0.2, 0) is 0 Å². The van der Waals surface area contributed by atoms with Crippen LogP contribution >= 0.6 is 0 Å². The highest BCUT2D eigenvalue weighted by Gasteiger charge is 2.35. The van der Waals surface area contributed by atoms with Gasteiger partial charge in [-0.15, -0.1) is 0 Å². The number of hydrogen-bond acceptors (Lipinski definition) is 0. The zero-order valence-corrected chi connectivity index (χ0v) is 12.1. The van der Waals surface area contributed by atoms with Gasteiger partial charge < -0.3 is 0 Å². The van der Waals surface area contributed by atoms with Gasteiger partial charge in [-0.3, -0.25) is 0 Å². The average Bonchev–Trinajstić information content (AvgIpc) is 2.38. The van der Waals surface area contributed by atoms with Crippen LogP contribution < -0.4 is 0 Å². The van der Waals surface area contributed by atoms with E-state index in [9.17, 15) is 0 Å². The molecule has 0 spiro atoms. The van der Waals surface area contributed by atoms with Crippen molar-refractivity contribution in [2.45, 2.75) is 89.4 Å². The van der Waals surface area contributed by atoms with Crippen LogP contribution in [0.1, 0.15) is 65.7 Å². The highest BCUT2D eigenvalue weighted by atomic mass is 28.3. The Hall–Kier alpha value is 0.217. The highest BCUT2D eigenvalue weighted by molar-refractivity contribution is 6.81. The first-order valence-corrected chi connectivity index (χ1v) is 9.99. The molecular formula is C14H30Si. The molecule has 1 saturated heterocycles. The van der Waals surface area contributed by atoms with Crippen LogP contribution in [0.2, 0.25) is 23.7 Å². The second-order valence-corrected chi connectivity index (χ2v) is 10.9. The Morgan fingerprint density at radius 1 is 0.867 bits per heavy atom. The molecule has 0 aromatic carbocycles. The monoisotopic (exact) mass is 226 g/mol. The summed E-state index contributed by atoms with van der Waals surface area (Å²) in [7, 11) is -0.875. The minimum absolute atomic E-state index is 0.875. The van der Waals surface area contributed by atoms with Gasteiger partial charge in [0.2, 0.25) is 0 Å². The number of rotatable bonds is 3. The predicted octanol–water partition coefficient (Wildman–Crippen LogP) is 5.61. The van der Waals surface area contributed by atoms with E-state index in [0.29, 0.717) is 0 Å². The molecule has 1 heterocycles. The fourth-order valence-electron chi connectivity index (χ4n) is 3.73. The van der Waals surface area contributed by atoms with Gasteiger partial charge in [-0.2, -0.15) is 0 Å². The number of hydrogen-bond donors (Lipinski definition) is 0. The first kappa shape index (κ1) is 13.3. The topological polar surface area (TPSA) is 0 Å². The van der Waals surface area contributed by atoms with Crippen molar-refractivity contribution in [3.8, 4) is 0 Å². The Bertz CT molecular complexity index is 161. The van der Waals surface area contributed by atoms with Crippen molar-refractivity contribution in [2.75, 3.05) is 0 Å². The van der Waals surface area contributed by atoms with Crippen LogP contribution in [0.25, 0.3) is 0 Å². The van der Waals surface area contributed by atoms with Crippen molar-refractivity contribution in [3.05, 3.63) is 0 Å². The summed E-state index contributed by atoms with van der Waals surface area (Å²) in [5, 5.41) is 0. The molecule has 0 aromatic rings. The lowest BCUT2D eigenvalue weighted by Crippen LogP contribution is -2.38. The second-order valence-electron chi connectivity index (χ2n) is 5.48. The third-order valence-corrected chi connectivity index (χ3v) is 11.6. The maximum atomic E-state index is 2.48. The van der Waals surface area contributed by atoms with Gasteiger partial charge in [0.05, 0.1) is 8.07 Å². The lowest BCUT2D eigenvalue weighted by Gasteiger charge is -2.37. The highest BCUT2D eigenvalue weighted by Crippen LogP contribution is 2.41. The molecule has 90 valence electrons.